The first kappa shape index (κ1) is 16.1. The Balaban J connectivity index is 1.58. The van der Waals surface area contributed by atoms with Gasteiger partial charge in [0.2, 0.25) is 0 Å². The van der Waals surface area contributed by atoms with Crippen molar-refractivity contribution >= 4 is 17.6 Å². The molecule has 1 fully saturated rings. The zero-order chi connectivity index (χ0) is 16.9. The van der Waals surface area contributed by atoms with Crippen molar-refractivity contribution in [2.45, 2.75) is 25.2 Å². The number of hydrogen-bond donors (Lipinski definition) is 2. The van der Waals surface area contributed by atoms with Crippen molar-refractivity contribution in [1.82, 2.24) is 0 Å². The molecule has 2 aromatic rings. The lowest BCUT2D eigenvalue weighted by atomic mass is 9.80. The third kappa shape index (κ3) is 3.93. The Kier molecular flexibility index (Phi) is 4.79. The third-order valence-corrected chi connectivity index (χ3v) is 4.22. The molecule has 0 aliphatic heterocycles. The summed E-state index contributed by atoms with van der Waals surface area (Å²) in [7, 11) is 0. The summed E-state index contributed by atoms with van der Waals surface area (Å²) in [6.45, 7) is -0.390. The summed E-state index contributed by atoms with van der Waals surface area (Å²) in [6.07, 6.45) is 3.77. The fourth-order valence-electron chi connectivity index (χ4n) is 2.63. The van der Waals surface area contributed by atoms with E-state index in [4.69, 9.17) is 9.84 Å². The molecule has 3 rings (SSSR count). The molecule has 0 spiro atoms. The molecule has 0 radical (unpaired) electrons. The lowest BCUT2D eigenvalue weighted by molar-refractivity contribution is -0.139. The van der Waals surface area contributed by atoms with Gasteiger partial charge in [-0.2, -0.15) is 0 Å². The number of carbonyl (C=O) groups excluding carboxylic acids is 1. The minimum Gasteiger partial charge on any atom is -0.482 e. The van der Waals surface area contributed by atoms with Crippen molar-refractivity contribution < 1.29 is 19.4 Å². The fraction of sp³-hybridized carbons (Fsp3) is 0.263. The summed E-state index contributed by atoms with van der Waals surface area (Å²) in [4.78, 5) is 22.7. The van der Waals surface area contributed by atoms with Crippen LogP contribution in [0.2, 0.25) is 0 Å². The first-order valence-electron chi connectivity index (χ1n) is 7.98. The Morgan fingerprint density at radius 2 is 1.71 bits per heavy atom. The largest absolute Gasteiger partial charge is 0.482 e. The van der Waals surface area contributed by atoms with Crippen LogP contribution in [0.1, 0.15) is 41.1 Å². The van der Waals surface area contributed by atoms with Crippen LogP contribution in [0.15, 0.2) is 48.5 Å². The first-order valence-corrected chi connectivity index (χ1v) is 7.98. The Hall–Kier alpha value is -2.82. The minimum absolute atomic E-state index is 0.172. The second-order valence-electron chi connectivity index (χ2n) is 5.91. The number of rotatable bonds is 6. The summed E-state index contributed by atoms with van der Waals surface area (Å²) in [5.41, 5.74) is 2.55. The molecule has 0 saturated heterocycles. The molecule has 0 bridgehead atoms. The van der Waals surface area contributed by atoms with E-state index >= 15 is 0 Å². The van der Waals surface area contributed by atoms with Crippen molar-refractivity contribution in [1.29, 1.82) is 0 Å². The van der Waals surface area contributed by atoms with Crippen LogP contribution in [0, 0.1) is 0 Å². The summed E-state index contributed by atoms with van der Waals surface area (Å²) >= 11 is 0. The van der Waals surface area contributed by atoms with Crippen LogP contribution in [0.25, 0.3) is 0 Å². The molecule has 1 aliphatic rings. The highest BCUT2D eigenvalue weighted by atomic mass is 16.5. The van der Waals surface area contributed by atoms with Gasteiger partial charge in [0.1, 0.15) is 5.75 Å². The number of ether oxygens (including phenoxy) is 1. The molecule has 24 heavy (non-hydrogen) atoms. The minimum atomic E-state index is -1.03. The Bertz CT molecular complexity index is 718. The number of benzene rings is 2. The highest BCUT2D eigenvalue weighted by molar-refractivity contribution is 6.04. The second-order valence-corrected chi connectivity index (χ2v) is 5.91. The maximum Gasteiger partial charge on any atom is 0.341 e. The second kappa shape index (κ2) is 7.17. The lowest BCUT2D eigenvalue weighted by Crippen LogP contribution is -2.13. The average molecular weight is 325 g/mol. The van der Waals surface area contributed by atoms with Crippen molar-refractivity contribution in [3.63, 3.8) is 0 Å². The van der Waals surface area contributed by atoms with E-state index in [0.29, 0.717) is 22.9 Å². The summed E-state index contributed by atoms with van der Waals surface area (Å²) in [6, 6.07) is 14.4. The van der Waals surface area contributed by atoms with Gasteiger partial charge in [0.15, 0.2) is 6.61 Å². The topological polar surface area (TPSA) is 75.6 Å². The van der Waals surface area contributed by atoms with Gasteiger partial charge in [-0.15, -0.1) is 0 Å². The van der Waals surface area contributed by atoms with Gasteiger partial charge in [-0.3, -0.25) is 4.79 Å². The maximum absolute atomic E-state index is 12.3. The summed E-state index contributed by atoms with van der Waals surface area (Å²) in [5, 5.41) is 11.4. The van der Waals surface area contributed by atoms with E-state index in [0.717, 1.165) is 0 Å². The molecular formula is C19H19NO4. The van der Waals surface area contributed by atoms with E-state index in [1.54, 1.807) is 24.3 Å². The van der Waals surface area contributed by atoms with Gasteiger partial charge in [-0.25, -0.2) is 4.79 Å². The number of anilines is 1. The molecular weight excluding hydrogens is 306 g/mol. The number of carboxylic acids is 1. The van der Waals surface area contributed by atoms with E-state index in [1.165, 1.54) is 24.8 Å². The van der Waals surface area contributed by atoms with E-state index in [2.05, 4.69) is 5.32 Å². The van der Waals surface area contributed by atoms with Gasteiger partial charge in [-0.1, -0.05) is 18.6 Å². The van der Waals surface area contributed by atoms with Crippen molar-refractivity contribution in [3.05, 3.63) is 59.7 Å². The van der Waals surface area contributed by atoms with Crippen LogP contribution in [0.3, 0.4) is 0 Å². The molecule has 1 saturated carbocycles. The molecule has 1 amide bonds. The van der Waals surface area contributed by atoms with E-state index in [-0.39, 0.29) is 12.5 Å². The number of hydrogen-bond acceptors (Lipinski definition) is 3. The SMILES string of the molecule is O=C(O)COc1ccc(NC(=O)c2ccc(C3CCC3)cc2)cc1. The standard InChI is InChI=1S/C19H19NO4/c21-18(22)12-24-17-10-8-16(9-11-17)20-19(23)15-6-4-14(5-7-15)13-2-1-3-13/h4-11,13H,1-3,12H2,(H,20,23)(H,21,22). The van der Waals surface area contributed by atoms with Crippen LogP contribution in [0.5, 0.6) is 5.75 Å². The Labute approximate surface area is 140 Å². The predicted octanol–water partition coefficient (Wildman–Crippen LogP) is 3.67. The van der Waals surface area contributed by atoms with Gasteiger partial charge in [-0.05, 0) is 60.7 Å². The normalized spacial score (nSPS) is 13.8. The van der Waals surface area contributed by atoms with Crippen LogP contribution in [-0.4, -0.2) is 23.6 Å². The number of carbonyl (C=O) groups is 2. The number of carboxylic acid groups (broad SMARTS) is 1. The van der Waals surface area contributed by atoms with Gasteiger partial charge in [0, 0.05) is 11.3 Å². The number of aliphatic carboxylic acids is 1. The molecule has 1 aliphatic carbocycles. The maximum atomic E-state index is 12.3. The van der Waals surface area contributed by atoms with Crippen LogP contribution >= 0.6 is 0 Å². The van der Waals surface area contributed by atoms with Crippen molar-refractivity contribution in [2.24, 2.45) is 0 Å². The number of nitrogens with one attached hydrogen (secondary N) is 1. The summed E-state index contributed by atoms with van der Waals surface area (Å²) in [5.74, 6) is -0.104. The molecule has 0 aromatic heterocycles. The van der Waals surface area contributed by atoms with Gasteiger partial charge in [0.25, 0.3) is 5.91 Å². The van der Waals surface area contributed by atoms with Crippen molar-refractivity contribution in [2.75, 3.05) is 11.9 Å². The molecule has 0 unspecified atom stereocenters. The van der Waals surface area contributed by atoms with Gasteiger partial charge < -0.3 is 15.2 Å². The Morgan fingerprint density at radius 3 is 2.25 bits per heavy atom. The first-order chi connectivity index (χ1) is 11.6. The zero-order valence-corrected chi connectivity index (χ0v) is 13.2. The molecule has 0 atom stereocenters. The van der Waals surface area contributed by atoms with E-state index < -0.39 is 5.97 Å². The highest BCUT2D eigenvalue weighted by Crippen LogP contribution is 2.36. The molecule has 5 heteroatoms. The molecule has 2 N–H and O–H groups in total. The molecule has 0 heterocycles. The smallest absolute Gasteiger partial charge is 0.341 e. The predicted molar refractivity (Wildman–Crippen MR) is 90.6 cm³/mol. The Morgan fingerprint density at radius 1 is 1.04 bits per heavy atom. The fourth-order valence-corrected chi connectivity index (χ4v) is 2.63. The monoisotopic (exact) mass is 325 g/mol. The van der Waals surface area contributed by atoms with E-state index in [1.807, 2.05) is 24.3 Å². The third-order valence-electron chi connectivity index (χ3n) is 4.22. The van der Waals surface area contributed by atoms with Gasteiger partial charge >= 0.3 is 5.97 Å². The van der Waals surface area contributed by atoms with Crippen LogP contribution in [0.4, 0.5) is 5.69 Å². The zero-order valence-electron chi connectivity index (χ0n) is 13.2. The quantitative estimate of drug-likeness (QED) is 0.849. The molecule has 5 nitrogen and oxygen atoms in total. The van der Waals surface area contributed by atoms with Crippen LogP contribution < -0.4 is 10.1 Å². The van der Waals surface area contributed by atoms with Crippen molar-refractivity contribution in [3.8, 4) is 5.75 Å². The van der Waals surface area contributed by atoms with E-state index in [9.17, 15) is 9.59 Å². The highest BCUT2D eigenvalue weighted by Gasteiger charge is 2.19. The molecule has 2 aromatic carbocycles. The number of amides is 1. The lowest BCUT2D eigenvalue weighted by Gasteiger charge is -2.25. The molecule has 124 valence electrons. The van der Waals surface area contributed by atoms with Gasteiger partial charge in [0.05, 0.1) is 0 Å². The average Bonchev–Trinajstić information content (AvgIpc) is 2.53. The summed E-state index contributed by atoms with van der Waals surface area (Å²) < 4.78 is 5.05. The van der Waals surface area contributed by atoms with Crippen LogP contribution in [-0.2, 0) is 4.79 Å².